The molecule has 0 radical (unpaired) electrons. The lowest BCUT2D eigenvalue weighted by Crippen LogP contribution is -2.28. The highest BCUT2D eigenvalue weighted by Gasteiger charge is 2.16. The first-order chi connectivity index (χ1) is 9.78. The summed E-state index contributed by atoms with van der Waals surface area (Å²) in [6, 6.07) is 8.01. The SMILES string of the molecule is COc1ccc(CCNC(=O)CC2CCCCC2)cc1. The molecule has 1 aliphatic rings. The van der Waals surface area contributed by atoms with Crippen LogP contribution in [0.15, 0.2) is 24.3 Å². The van der Waals surface area contributed by atoms with Gasteiger partial charge >= 0.3 is 0 Å². The molecular weight excluding hydrogens is 250 g/mol. The van der Waals surface area contributed by atoms with E-state index in [1.54, 1.807) is 7.11 Å². The second kappa shape index (κ2) is 7.93. The van der Waals surface area contributed by atoms with Crippen molar-refractivity contribution in [2.75, 3.05) is 13.7 Å². The van der Waals surface area contributed by atoms with Gasteiger partial charge in [0, 0.05) is 13.0 Å². The highest BCUT2D eigenvalue weighted by molar-refractivity contribution is 5.76. The first-order valence-electron chi connectivity index (χ1n) is 7.67. The van der Waals surface area contributed by atoms with Crippen molar-refractivity contribution in [3.05, 3.63) is 29.8 Å². The smallest absolute Gasteiger partial charge is 0.220 e. The predicted molar refractivity (Wildman–Crippen MR) is 80.9 cm³/mol. The molecule has 0 aliphatic heterocycles. The molecule has 1 saturated carbocycles. The Morgan fingerprint density at radius 1 is 1.20 bits per heavy atom. The Kier molecular flexibility index (Phi) is 5.90. The van der Waals surface area contributed by atoms with Crippen molar-refractivity contribution < 1.29 is 9.53 Å². The van der Waals surface area contributed by atoms with Crippen LogP contribution in [0.25, 0.3) is 0 Å². The number of rotatable bonds is 6. The summed E-state index contributed by atoms with van der Waals surface area (Å²) in [5.74, 6) is 1.70. The van der Waals surface area contributed by atoms with Crippen LogP contribution in [0.2, 0.25) is 0 Å². The van der Waals surface area contributed by atoms with Crippen LogP contribution in [-0.4, -0.2) is 19.6 Å². The Morgan fingerprint density at radius 2 is 1.90 bits per heavy atom. The molecule has 3 nitrogen and oxygen atoms in total. The van der Waals surface area contributed by atoms with Crippen LogP contribution in [0, 0.1) is 5.92 Å². The average Bonchev–Trinajstić information content (AvgIpc) is 2.49. The van der Waals surface area contributed by atoms with Gasteiger partial charge in [0.05, 0.1) is 7.11 Å². The molecule has 0 heterocycles. The quantitative estimate of drug-likeness (QED) is 0.865. The van der Waals surface area contributed by atoms with Crippen molar-refractivity contribution >= 4 is 5.91 Å². The topological polar surface area (TPSA) is 38.3 Å². The molecule has 0 bridgehead atoms. The van der Waals surface area contributed by atoms with Crippen LogP contribution in [0.4, 0.5) is 0 Å². The number of methoxy groups -OCH3 is 1. The van der Waals surface area contributed by atoms with E-state index in [0.717, 1.165) is 18.7 Å². The molecule has 0 unspecified atom stereocenters. The van der Waals surface area contributed by atoms with E-state index in [9.17, 15) is 4.79 Å². The standard InChI is InChI=1S/C17H25NO2/c1-20-16-9-7-14(8-10-16)11-12-18-17(19)13-15-5-3-2-4-6-15/h7-10,15H,2-6,11-13H2,1H3,(H,18,19). The van der Waals surface area contributed by atoms with Crippen LogP contribution < -0.4 is 10.1 Å². The molecule has 0 atom stereocenters. The summed E-state index contributed by atoms with van der Waals surface area (Å²) in [5.41, 5.74) is 1.23. The van der Waals surface area contributed by atoms with Crippen molar-refractivity contribution in [2.45, 2.75) is 44.9 Å². The van der Waals surface area contributed by atoms with Gasteiger partial charge in [-0.05, 0) is 42.9 Å². The van der Waals surface area contributed by atoms with Crippen LogP contribution in [0.5, 0.6) is 5.75 Å². The maximum Gasteiger partial charge on any atom is 0.220 e. The normalized spacial score (nSPS) is 15.8. The van der Waals surface area contributed by atoms with Crippen molar-refractivity contribution in [1.29, 1.82) is 0 Å². The van der Waals surface area contributed by atoms with Gasteiger partial charge in [0.25, 0.3) is 0 Å². The van der Waals surface area contributed by atoms with Crippen LogP contribution >= 0.6 is 0 Å². The number of carbonyl (C=O) groups is 1. The molecule has 1 amide bonds. The number of hydrogen-bond donors (Lipinski definition) is 1. The fourth-order valence-electron chi connectivity index (χ4n) is 2.86. The summed E-state index contributed by atoms with van der Waals surface area (Å²) in [5, 5.41) is 3.04. The van der Waals surface area contributed by atoms with Gasteiger partial charge in [-0.15, -0.1) is 0 Å². The molecule has 1 aromatic rings. The number of amides is 1. The predicted octanol–water partition coefficient (Wildman–Crippen LogP) is 3.32. The van der Waals surface area contributed by atoms with Crippen molar-refractivity contribution in [1.82, 2.24) is 5.32 Å². The Bertz CT molecular complexity index is 408. The molecular formula is C17H25NO2. The van der Waals surface area contributed by atoms with Gasteiger partial charge in [0.15, 0.2) is 0 Å². The van der Waals surface area contributed by atoms with E-state index in [-0.39, 0.29) is 5.91 Å². The monoisotopic (exact) mass is 275 g/mol. The third-order valence-electron chi connectivity index (χ3n) is 4.09. The number of benzene rings is 1. The second-order valence-electron chi connectivity index (χ2n) is 5.66. The molecule has 1 fully saturated rings. The summed E-state index contributed by atoms with van der Waals surface area (Å²) in [7, 11) is 1.67. The van der Waals surface area contributed by atoms with Gasteiger partial charge < -0.3 is 10.1 Å². The van der Waals surface area contributed by atoms with Gasteiger partial charge in [-0.2, -0.15) is 0 Å². The molecule has 3 heteroatoms. The number of nitrogens with one attached hydrogen (secondary N) is 1. The zero-order valence-electron chi connectivity index (χ0n) is 12.4. The van der Waals surface area contributed by atoms with Crippen LogP contribution in [0.1, 0.15) is 44.1 Å². The fourth-order valence-corrected chi connectivity index (χ4v) is 2.86. The van der Waals surface area contributed by atoms with Crippen molar-refractivity contribution in [2.24, 2.45) is 5.92 Å². The minimum Gasteiger partial charge on any atom is -0.497 e. The van der Waals surface area contributed by atoms with E-state index < -0.39 is 0 Å². The minimum absolute atomic E-state index is 0.213. The Morgan fingerprint density at radius 3 is 2.55 bits per heavy atom. The first kappa shape index (κ1) is 14.9. The Labute approximate surface area is 121 Å². The highest BCUT2D eigenvalue weighted by atomic mass is 16.5. The van der Waals surface area contributed by atoms with Crippen LogP contribution in [0.3, 0.4) is 0 Å². The van der Waals surface area contributed by atoms with Gasteiger partial charge in [0.2, 0.25) is 5.91 Å². The number of ether oxygens (including phenoxy) is 1. The largest absolute Gasteiger partial charge is 0.497 e. The summed E-state index contributed by atoms with van der Waals surface area (Å²) >= 11 is 0. The van der Waals surface area contributed by atoms with E-state index >= 15 is 0 Å². The lowest BCUT2D eigenvalue weighted by molar-refractivity contribution is -0.122. The zero-order valence-corrected chi connectivity index (χ0v) is 12.4. The number of hydrogen-bond acceptors (Lipinski definition) is 2. The number of carbonyl (C=O) groups excluding carboxylic acids is 1. The Balaban J connectivity index is 1.65. The van der Waals surface area contributed by atoms with Gasteiger partial charge in [-0.3, -0.25) is 4.79 Å². The molecule has 110 valence electrons. The van der Waals surface area contributed by atoms with Crippen molar-refractivity contribution in [3.8, 4) is 5.75 Å². The summed E-state index contributed by atoms with van der Waals surface area (Å²) < 4.78 is 5.13. The van der Waals surface area contributed by atoms with E-state index in [1.165, 1.54) is 37.7 Å². The van der Waals surface area contributed by atoms with E-state index in [2.05, 4.69) is 5.32 Å². The summed E-state index contributed by atoms with van der Waals surface area (Å²) in [4.78, 5) is 11.9. The van der Waals surface area contributed by atoms with Gasteiger partial charge in [-0.25, -0.2) is 0 Å². The molecule has 1 aromatic carbocycles. The molecule has 0 saturated heterocycles. The molecule has 1 N–H and O–H groups in total. The van der Waals surface area contributed by atoms with Gasteiger partial charge in [0.1, 0.15) is 5.75 Å². The molecule has 0 aromatic heterocycles. The maximum absolute atomic E-state index is 11.9. The summed E-state index contributed by atoms with van der Waals surface area (Å²) in [6.45, 7) is 0.720. The molecule has 1 aliphatic carbocycles. The highest BCUT2D eigenvalue weighted by Crippen LogP contribution is 2.26. The minimum atomic E-state index is 0.213. The van der Waals surface area contributed by atoms with Crippen molar-refractivity contribution in [3.63, 3.8) is 0 Å². The van der Waals surface area contributed by atoms with E-state index in [0.29, 0.717) is 12.3 Å². The first-order valence-corrected chi connectivity index (χ1v) is 7.67. The van der Waals surface area contributed by atoms with Crippen LogP contribution in [-0.2, 0) is 11.2 Å². The fraction of sp³-hybridized carbons (Fsp3) is 0.588. The lowest BCUT2D eigenvalue weighted by Gasteiger charge is -2.20. The second-order valence-corrected chi connectivity index (χ2v) is 5.66. The van der Waals surface area contributed by atoms with Gasteiger partial charge in [-0.1, -0.05) is 31.4 Å². The zero-order chi connectivity index (χ0) is 14.2. The summed E-state index contributed by atoms with van der Waals surface area (Å²) in [6.07, 6.45) is 7.98. The molecule has 0 spiro atoms. The average molecular weight is 275 g/mol. The molecule has 20 heavy (non-hydrogen) atoms. The lowest BCUT2D eigenvalue weighted by atomic mass is 9.87. The van der Waals surface area contributed by atoms with E-state index in [4.69, 9.17) is 4.74 Å². The maximum atomic E-state index is 11.9. The third kappa shape index (κ3) is 4.87. The Hall–Kier alpha value is -1.51. The van der Waals surface area contributed by atoms with E-state index in [1.807, 2.05) is 24.3 Å². The third-order valence-corrected chi connectivity index (χ3v) is 4.09. The molecule has 2 rings (SSSR count).